The minimum atomic E-state index is -0.770. The van der Waals surface area contributed by atoms with Crippen molar-refractivity contribution < 1.29 is 14.7 Å². The Bertz CT molecular complexity index is 1400. The molecule has 0 radical (unpaired) electrons. The van der Waals surface area contributed by atoms with Gasteiger partial charge in [0.05, 0.1) is 31.4 Å². The Morgan fingerprint density at radius 2 is 1.97 bits per heavy atom. The maximum atomic E-state index is 13.5. The van der Waals surface area contributed by atoms with E-state index in [1.54, 1.807) is 13.0 Å². The number of aliphatic hydroxyl groups excluding tert-OH is 1. The third kappa shape index (κ3) is 3.27. The number of carbonyl (C=O) groups is 2. The second-order valence-corrected chi connectivity index (χ2v) is 11.0. The van der Waals surface area contributed by atoms with E-state index in [2.05, 4.69) is 9.97 Å². The van der Waals surface area contributed by atoms with Crippen LogP contribution in [0.4, 0.5) is 5.13 Å². The number of fused-ring (bicyclic) bond motifs is 1. The van der Waals surface area contributed by atoms with Gasteiger partial charge in [0.1, 0.15) is 6.04 Å². The van der Waals surface area contributed by atoms with Gasteiger partial charge in [0.25, 0.3) is 5.91 Å². The molecule has 0 bridgehead atoms. The summed E-state index contributed by atoms with van der Waals surface area (Å²) in [6, 6.07) is 6.61. The number of thiazole rings is 2. The molecule has 1 N–H and O–H groups in total. The normalized spacial score (nSPS) is 16.6. The summed E-state index contributed by atoms with van der Waals surface area (Å²) in [4.78, 5) is 38.3. The molecule has 0 aliphatic carbocycles. The Hall–Kier alpha value is -2.59. The minimum absolute atomic E-state index is 0.0534. The number of aryl methyl sites for hydroxylation is 3. The van der Waals surface area contributed by atoms with E-state index >= 15 is 0 Å². The zero-order valence-corrected chi connectivity index (χ0v) is 20.4. The molecule has 32 heavy (non-hydrogen) atoms. The Balaban J connectivity index is 1.67. The maximum absolute atomic E-state index is 13.5. The third-order valence-corrected chi connectivity index (χ3v) is 8.66. The summed E-state index contributed by atoms with van der Waals surface area (Å²) >= 11 is 10.2. The highest BCUT2D eigenvalue weighted by atomic mass is 35.5. The molecule has 4 heterocycles. The summed E-state index contributed by atoms with van der Waals surface area (Å²) in [5, 5.41) is 14.5. The maximum Gasteiger partial charge on any atom is 0.296 e. The van der Waals surface area contributed by atoms with Crippen LogP contribution in [0.5, 0.6) is 0 Å². The predicted molar refractivity (Wildman–Crippen MR) is 129 cm³/mol. The van der Waals surface area contributed by atoms with Crippen LogP contribution < -0.4 is 4.90 Å². The Kier molecular flexibility index (Phi) is 5.16. The van der Waals surface area contributed by atoms with Gasteiger partial charge in [-0.3, -0.25) is 14.5 Å². The first-order chi connectivity index (χ1) is 15.3. The van der Waals surface area contributed by atoms with E-state index in [4.69, 9.17) is 11.6 Å². The fourth-order valence-electron chi connectivity index (χ4n) is 3.76. The van der Waals surface area contributed by atoms with Crippen molar-refractivity contribution in [1.82, 2.24) is 9.97 Å². The molecule has 10 heteroatoms. The monoisotopic (exact) mass is 501 g/mol. The third-order valence-electron chi connectivity index (χ3n) is 5.24. The Morgan fingerprint density at radius 1 is 1.19 bits per heavy atom. The number of halogens is 1. The lowest BCUT2D eigenvalue weighted by atomic mass is 10.0. The van der Waals surface area contributed by atoms with Gasteiger partial charge in [-0.05, 0) is 49.9 Å². The fourth-order valence-corrected chi connectivity index (χ4v) is 6.68. The second-order valence-electron chi connectivity index (χ2n) is 7.40. The summed E-state index contributed by atoms with van der Waals surface area (Å²) in [5.41, 5.74) is 2.20. The molecule has 0 fully saturated rings. The molecule has 1 atom stereocenters. The van der Waals surface area contributed by atoms with E-state index in [1.165, 1.54) is 38.9 Å². The number of aromatic nitrogens is 2. The summed E-state index contributed by atoms with van der Waals surface area (Å²) in [6.07, 6.45) is 0. The standard InChI is InChI=1S/C22H16ClN3O3S3/c1-9-7-15-13(8-12(9)23)25-22(32-15)26-17(14-5-4-6-30-14)16(19(28)21(26)29)18(27)20-10(2)24-11(3)31-20/h4-8,17,28H,1-3H3. The largest absolute Gasteiger partial charge is 0.503 e. The van der Waals surface area contributed by atoms with Crippen molar-refractivity contribution in [2.24, 2.45) is 0 Å². The highest BCUT2D eigenvalue weighted by Crippen LogP contribution is 2.46. The molecular weight excluding hydrogens is 486 g/mol. The van der Waals surface area contributed by atoms with E-state index in [9.17, 15) is 14.7 Å². The summed E-state index contributed by atoms with van der Waals surface area (Å²) < 4.78 is 0.868. The topological polar surface area (TPSA) is 83.4 Å². The highest BCUT2D eigenvalue weighted by Gasteiger charge is 2.47. The fraction of sp³-hybridized carbons (Fsp3) is 0.182. The quantitative estimate of drug-likeness (QED) is 0.338. The van der Waals surface area contributed by atoms with Crippen molar-refractivity contribution in [3.05, 3.63) is 72.0 Å². The van der Waals surface area contributed by atoms with Gasteiger partial charge in [0.15, 0.2) is 10.9 Å². The first-order valence-electron chi connectivity index (χ1n) is 9.61. The van der Waals surface area contributed by atoms with Crippen molar-refractivity contribution in [3.63, 3.8) is 0 Å². The van der Waals surface area contributed by atoms with Gasteiger partial charge in [-0.15, -0.1) is 22.7 Å². The number of anilines is 1. The number of thiophene rings is 1. The summed E-state index contributed by atoms with van der Waals surface area (Å²) in [5.74, 6) is -1.58. The molecule has 5 rings (SSSR count). The van der Waals surface area contributed by atoms with Crippen LogP contribution in [0.3, 0.4) is 0 Å². The molecule has 0 saturated heterocycles. The number of nitrogens with zero attached hydrogens (tertiary/aromatic N) is 3. The molecule has 162 valence electrons. The number of ketones is 1. The first kappa shape index (κ1) is 21.3. The van der Waals surface area contributed by atoms with Gasteiger partial charge in [0, 0.05) is 9.90 Å². The number of hydrogen-bond acceptors (Lipinski definition) is 8. The molecule has 4 aromatic rings. The second kappa shape index (κ2) is 7.77. The molecule has 1 aliphatic rings. The highest BCUT2D eigenvalue weighted by molar-refractivity contribution is 7.22. The smallest absolute Gasteiger partial charge is 0.296 e. The van der Waals surface area contributed by atoms with Crippen molar-refractivity contribution in [2.45, 2.75) is 26.8 Å². The molecule has 1 amide bonds. The number of hydrogen-bond donors (Lipinski definition) is 1. The van der Waals surface area contributed by atoms with Crippen LogP contribution in [-0.4, -0.2) is 26.8 Å². The van der Waals surface area contributed by atoms with Gasteiger partial charge >= 0.3 is 0 Å². The van der Waals surface area contributed by atoms with Crippen LogP contribution in [0.25, 0.3) is 10.2 Å². The molecule has 1 aliphatic heterocycles. The molecule has 1 unspecified atom stereocenters. The minimum Gasteiger partial charge on any atom is -0.503 e. The summed E-state index contributed by atoms with van der Waals surface area (Å²) in [7, 11) is 0. The van der Waals surface area contributed by atoms with Crippen LogP contribution in [0.15, 0.2) is 41.0 Å². The summed E-state index contributed by atoms with van der Waals surface area (Å²) in [6.45, 7) is 5.47. The molecule has 0 spiro atoms. The zero-order valence-electron chi connectivity index (χ0n) is 17.2. The van der Waals surface area contributed by atoms with Crippen molar-refractivity contribution in [1.29, 1.82) is 0 Å². The van der Waals surface area contributed by atoms with Gasteiger partial charge < -0.3 is 5.11 Å². The Morgan fingerprint density at radius 3 is 2.62 bits per heavy atom. The van der Waals surface area contributed by atoms with E-state index in [0.717, 1.165) is 20.1 Å². The van der Waals surface area contributed by atoms with E-state index in [1.807, 2.05) is 37.4 Å². The Labute approximate surface area is 200 Å². The number of carbonyl (C=O) groups excluding carboxylic acids is 2. The first-order valence-corrected chi connectivity index (χ1v) is 12.5. The van der Waals surface area contributed by atoms with Gasteiger partial charge in [-0.25, -0.2) is 9.97 Å². The van der Waals surface area contributed by atoms with Crippen LogP contribution in [0.1, 0.15) is 36.9 Å². The number of Topliss-reactive ketones (excluding diaryl/α,β-unsaturated/α-hetero) is 1. The van der Waals surface area contributed by atoms with Crippen LogP contribution in [0, 0.1) is 20.8 Å². The molecule has 3 aromatic heterocycles. The van der Waals surface area contributed by atoms with Gasteiger partial charge in [0.2, 0.25) is 5.78 Å². The number of rotatable bonds is 4. The average molecular weight is 502 g/mol. The van der Waals surface area contributed by atoms with Gasteiger partial charge in [-0.2, -0.15) is 0 Å². The van der Waals surface area contributed by atoms with Crippen LogP contribution >= 0.6 is 45.6 Å². The van der Waals surface area contributed by atoms with Crippen LogP contribution in [0.2, 0.25) is 5.02 Å². The molecule has 1 aromatic carbocycles. The van der Waals surface area contributed by atoms with Gasteiger partial charge in [-0.1, -0.05) is 29.0 Å². The van der Waals surface area contributed by atoms with Crippen molar-refractivity contribution >= 4 is 72.6 Å². The number of benzene rings is 1. The average Bonchev–Trinajstić information content (AvgIpc) is 3.50. The van der Waals surface area contributed by atoms with Crippen molar-refractivity contribution in [2.75, 3.05) is 4.90 Å². The van der Waals surface area contributed by atoms with Crippen molar-refractivity contribution in [3.8, 4) is 0 Å². The zero-order chi connectivity index (χ0) is 22.7. The molecular formula is C22H16ClN3O3S3. The lowest BCUT2D eigenvalue weighted by Crippen LogP contribution is -2.30. The lowest BCUT2D eigenvalue weighted by molar-refractivity contribution is -0.117. The predicted octanol–water partition coefficient (Wildman–Crippen LogP) is 6.18. The number of aliphatic hydroxyl groups is 1. The SMILES string of the molecule is Cc1nc(C)c(C(=O)C2=C(O)C(=O)N(c3nc4cc(Cl)c(C)cc4s3)C2c2cccs2)s1. The molecule has 0 saturated carbocycles. The lowest BCUT2D eigenvalue weighted by Gasteiger charge is -2.22. The molecule has 6 nitrogen and oxygen atoms in total. The number of amides is 1. The van der Waals surface area contributed by atoms with E-state index in [0.29, 0.717) is 26.2 Å². The van der Waals surface area contributed by atoms with E-state index < -0.39 is 17.7 Å². The van der Waals surface area contributed by atoms with Crippen LogP contribution in [-0.2, 0) is 4.79 Å². The van der Waals surface area contributed by atoms with E-state index in [-0.39, 0.29) is 11.4 Å².